The first-order valence-electron chi connectivity index (χ1n) is 6.16. The molecule has 0 aliphatic rings. The van der Waals surface area contributed by atoms with Crippen molar-refractivity contribution in [3.63, 3.8) is 0 Å². The van der Waals surface area contributed by atoms with Crippen LogP contribution in [0, 0.1) is 0 Å². The average Bonchev–Trinajstić information content (AvgIpc) is 2.42. The zero-order valence-electron chi connectivity index (χ0n) is 11.3. The second kappa shape index (κ2) is 8.15. The van der Waals surface area contributed by atoms with Crippen LogP contribution in [0.15, 0.2) is 42.5 Å². The van der Waals surface area contributed by atoms with Gasteiger partial charge in [0.1, 0.15) is 0 Å². The quantitative estimate of drug-likeness (QED) is 0.471. The minimum atomic E-state index is -0.677. The maximum atomic E-state index is 11.8. The number of allylic oxidation sites excluding steroid dienone is 1. The number of hydrogen-bond donors (Lipinski definition) is 1. The van der Waals surface area contributed by atoms with Gasteiger partial charge >= 0.3 is 120 Å². The first-order chi connectivity index (χ1) is 9.04. The van der Waals surface area contributed by atoms with E-state index < -0.39 is 10.9 Å². The third-order valence-corrected chi connectivity index (χ3v) is 5.39. The Balaban J connectivity index is 2.71. The fourth-order valence-corrected chi connectivity index (χ4v) is 3.88. The molecule has 1 aromatic carbocycles. The predicted molar refractivity (Wildman–Crippen MR) is 77.7 cm³/mol. The number of esters is 1. The van der Waals surface area contributed by atoms with Crippen molar-refractivity contribution < 1.29 is 14.6 Å². The van der Waals surface area contributed by atoms with Crippen molar-refractivity contribution in [3.8, 4) is 0 Å². The number of aliphatic hydroxyl groups is 1. The van der Waals surface area contributed by atoms with Gasteiger partial charge in [-0.15, -0.1) is 0 Å². The van der Waals surface area contributed by atoms with Gasteiger partial charge in [0.2, 0.25) is 0 Å². The van der Waals surface area contributed by atoms with E-state index in [1.54, 1.807) is 0 Å². The molecule has 2 atom stereocenters. The van der Waals surface area contributed by atoms with Gasteiger partial charge in [0.15, 0.2) is 0 Å². The summed E-state index contributed by atoms with van der Waals surface area (Å²) in [6.45, 7) is 5.73. The molecule has 0 saturated carbocycles. The Bertz CT molecular complexity index is 417. The third kappa shape index (κ3) is 5.60. The van der Waals surface area contributed by atoms with E-state index in [9.17, 15) is 9.90 Å². The molecule has 0 spiro atoms. The molecule has 3 nitrogen and oxygen atoms in total. The minimum absolute atomic E-state index is 0.136. The molecular formula is C15H20O3Se. The van der Waals surface area contributed by atoms with Crippen LogP contribution in [-0.4, -0.2) is 39.2 Å². The van der Waals surface area contributed by atoms with Crippen molar-refractivity contribution >= 4 is 25.4 Å². The van der Waals surface area contributed by atoms with E-state index in [1.807, 2.05) is 37.3 Å². The Hall–Kier alpha value is -1.09. The second-order valence-electron chi connectivity index (χ2n) is 4.44. The Kier molecular flexibility index (Phi) is 6.85. The van der Waals surface area contributed by atoms with E-state index in [0.29, 0.717) is 6.42 Å². The zero-order chi connectivity index (χ0) is 14.3. The van der Waals surface area contributed by atoms with Gasteiger partial charge in [0.25, 0.3) is 0 Å². The molecule has 0 fully saturated rings. The molecule has 0 unspecified atom stereocenters. The van der Waals surface area contributed by atoms with Crippen molar-refractivity contribution in [2.75, 3.05) is 7.11 Å². The summed E-state index contributed by atoms with van der Waals surface area (Å²) in [6.07, 6.45) is 0.591. The second-order valence-corrected chi connectivity index (χ2v) is 6.99. The Morgan fingerprint density at radius 1 is 1.42 bits per heavy atom. The van der Waals surface area contributed by atoms with Crippen molar-refractivity contribution in [3.05, 3.63) is 42.5 Å². The Labute approximate surface area is 120 Å². The molecule has 0 aliphatic carbocycles. The fourth-order valence-electron chi connectivity index (χ4n) is 1.59. The van der Waals surface area contributed by atoms with E-state index >= 15 is 0 Å². The van der Waals surface area contributed by atoms with Crippen LogP contribution in [0.2, 0.25) is 4.82 Å². The monoisotopic (exact) mass is 328 g/mol. The van der Waals surface area contributed by atoms with E-state index in [0.717, 1.165) is 16.5 Å². The number of aliphatic hydroxyl groups excluding tert-OH is 1. The standard InChI is InChI=1S/C15H20O3Se/c1-11(2)9-10-13(16)14(15(17)18-3)19-12-7-5-4-6-8-12/h4-8,13-14,16H,1,9-10H2,2-3H3/t13-,14-/m1/s1. The van der Waals surface area contributed by atoms with Crippen LogP contribution in [0.1, 0.15) is 19.8 Å². The van der Waals surface area contributed by atoms with E-state index in [1.165, 1.54) is 7.11 Å². The van der Waals surface area contributed by atoms with Crippen LogP contribution in [0.5, 0.6) is 0 Å². The molecule has 0 radical (unpaired) electrons. The summed E-state index contributed by atoms with van der Waals surface area (Å²) in [5.41, 5.74) is 1.01. The van der Waals surface area contributed by atoms with Gasteiger partial charge in [-0.25, -0.2) is 0 Å². The van der Waals surface area contributed by atoms with Gasteiger partial charge in [-0.3, -0.25) is 0 Å². The number of methoxy groups -OCH3 is 1. The molecule has 0 amide bonds. The molecule has 0 heterocycles. The molecule has 0 saturated heterocycles. The molecule has 1 aromatic rings. The maximum absolute atomic E-state index is 11.8. The zero-order valence-corrected chi connectivity index (χ0v) is 13.0. The number of hydrogen-bond acceptors (Lipinski definition) is 3. The first-order valence-corrected chi connectivity index (χ1v) is 8.01. The summed E-state index contributed by atoms with van der Waals surface area (Å²) in [4.78, 5) is 11.4. The summed E-state index contributed by atoms with van der Waals surface area (Å²) in [5, 5.41) is 10.2. The van der Waals surface area contributed by atoms with Crippen LogP contribution in [0.4, 0.5) is 0 Å². The molecule has 19 heavy (non-hydrogen) atoms. The van der Waals surface area contributed by atoms with Gasteiger partial charge in [-0.1, -0.05) is 0 Å². The summed E-state index contributed by atoms with van der Waals surface area (Å²) in [6, 6.07) is 9.75. The molecule has 4 heteroatoms. The normalized spacial score (nSPS) is 13.6. The fraction of sp³-hybridized carbons (Fsp3) is 0.400. The molecule has 0 aliphatic heterocycles. The number of carbonyl (C=O) groups is 1. The van der Waals surface area contributed by atoms with E-state index in [-0.39, 0.29) is 20.9 Å². The number of rotatable bonds is 7. The first kappa shape index (κ1) is 16.0. The van der Waals surface area contributed by atoms with Crippen LogP contribution in [0.25, 0.3) is 0 Å². The van der Waals surface area contributed by atoms with Gasteiger partial charge in [-0.2, -0.15) is 0 Å². The SMILES string of the molecule is C=C(C)CC[C@@H](O)[C@@H]([Se]c1ccccc1)C(=O)OC. The van der Waals surface area contributed by atoms with Crippen LogP contribution in [-0.2, 0) is 9.53 Å². The number of carbonyl (C=O) groups excluding carboxylic acids is 1. The van der Waals surface area contributed by atoms with Crippen LogP contribution >= 0.6 is 0 Å². The number of ether oxygens (including phenoxy) is 1. The molecular weight excluding hydrogens is 307 g/mol. The summed E-state index contributed by atoms with van der Waals surface area (Å²) in [5.74, 6) is -0.335. The van der Waals surface area contributed by atoms with Crippen molar-refractivity contribution in [1.82, 2.24) is 0 Å². The van der Waals surface area contributed by atoms with Crippen molar-refractivity contribution in [2.45, 2.75) is 30.7 Å². The van der Waals surface area contributed by atoms with E-state index in [4.69, 9.17) is 4.74 Å². The third-order valence-electron chi connectivity index (χ3n) is 2.66. The van der Waals surface area contributed by atoms with Crippen molar-refractivity contribution in [2.24, 2.45) is 0 Å². The topological polar surface area (TPSA) is 46.5 Å². The molecule has 1 rings (SSSR count). The predicted octanol–water partition coefficient (Wildman–Crippen LogP) is 1.69. The Morgan fingerprint density at radius 2 is 2.05 bits per heavy atom. The molecule has 104 valence electrons. The van der Waals surface area contributed by atoms with Gasteiger partial charge in [-0.05, 0) is 0 Å². The van der Waals surface area contributed by atoms with Crippen LogP contribution in [0.3, 0.4) is 0 Å². The summed E-state index contributed by atoms with van der Waals surface area (Å²) in [7, 11) is 1.36. The average molecular weight is 327 g/mol. The number of benzene rings is 1. The molecule has 0 bridgehead atoms. The summed E-state index contributed by atoms with van der Waals surface area (Å²) < 4.78 is 5.89. The molecule has 1 N–H and O–H groups in total. The van der Waals surface area contributed by atoms with Gasteiger partial charge < -0.3 is 0 Å². The molecule has 0 aromatic heterocycles. The van der Waals surface area contributed by atoms with E-state index in [2.05, 4.69) is 6.58 Å². The van der Waals surface area contributed by atoms with Gasteiger partial charge in [0, 0.05) is 0 Å². The van der Waals surface area contributed by atoms with Gasteiger partial charge in [0.05, 0.1) is 0 Å². The Morgan fingerprint density at radius 3 is 2.58 bits per heavy atom. The van der Waals surface area contributed by atoms with Crippen molar-refractivity contribution in [1.29, 1.82) is 0 Å². The van der Waals surface area contributed by atoms with Crippen LogP contribution < -0.4 is 4.46 Å². The summed E-state index contributed by atoms with van der Waals surface area (Å²) >= 11 is -0.136.